The lowest BCUT2D eigenvalue weighted by Crippen LogP contribution is -2.27. The highest BCUT2D eigenvalue weighted by Crippen LogP contribution is 2.18. The highest BCUT2D eigenvalue weighted by Gasteiger charge is 2.13. The van der Waals surface area contributed by atoms with Crippen molar-refractivity contribution in [2.75, 3.05) is 6.61 Å². The Labute approximate surface area is 180 Å². The molecule has 0 radical (unpaired) electrons. The van der Waals surface area contributed by atoms with Crippen LogP contribution in [0.3, 0.4) is 0 Å². The molecule has 0 spiro atoms. The molecule has 6 heteroatoms. The van der Waals surface area contributed by atoms with Crippen LogP contribution in [0.2, 0.25) is 0 Å². The first-order valence-corrected chi connectivity index (χ1v) is 9.81. The third-order valence-electron chi connectivity index (χ3n) is 4.32. The summed E-state index contributed by atoms with van der Waals surface area (Å²) in [7, 11) is 0. The topological polar surface area (TPSA) is 84.9 Å². The molecular formula is C25H23NO5. The Morgan fingerprint density at radius 2 is 1.65 bits per heavy atom. The molecular weight excluding hydrogens is 394 g/mol. The van der Waals surface area contributed by atoms with Crippen molar-refractivity contribution in [2.24, 2.45) is 0 Å². The number of carbonyl (C=O) groups excluding carboxylic acids is 1. The first-order chi connectivity index (χ1) is 15.0. The molecule has 6 nitrogen and oxygen atoms in total. The highest BCUT2D eigenvalue weighted by molar-refractivity contribution is 6.02. The summed E-state index contributed by atoms with van der Waals surface area (Å²) >= 11 is 0. The first-order valence-electron chi connectivity index (χ1n) is 9.81. The largest absolute Gasteiger partial charge is 0.494 e. The summed E-state index contributed by atoms with van der Waals surface area (Å²) in [4.78, 5) is 23.8. The smallest absolute Gasteiger partial charge is 0.352 e. The van der Waals surface area contributed by atoms with Crippen LogP contribution in [0.15, 0.2) is 84.6 Å². The van der Waals surface area contributed by atoms with Gasteiger partial charge in [0, 0.05) is 5.56 Å². The number of rotatable bonds is 9. The Balaban J connectivity index is 1.64. The molecule has 0 heterocycles. The van der Waals surface area contributed by atoms with Gasteiger partial charge in [-0.1, -0.05) is 42.5 Å². The van der Waals surface area contributed by atoms with Crippen molar-refractivity contribution in [3.8, 4) is 11.5 Å². The van der Waals surface area contributed by atoms with Crippen molar-refractivity contribution in [3.63, 3.8) is 0 Å². The lowest BCUT2D eigenvalue weighted by molar-refractivity contribution is -0.132. The second-order valence-corrected chi connectivity index (χ2v) is 6.62. The summed E-state index contributed by atoms with van der Waals surface area (Å²) in [5.74, 6) is -0.269. The minimum Gasteiger partial charge on any atom is -0.494 e. The molecule has 0 aliphatic rings. The molecule has 0 saturated carbocycles. The number of carbonyl (C=O) groups is 2. The summed E-state index contributed by atoms with van der Waals surface area (Å²) in [6.45, 7) is 2.91. The Bertz CT molecular complexity index is 1060. The quantitative estimate of drug-likeness (QED) is 0.500. The van der Waals surface area contributed by atoms with Crippen molar-refractivity contribution < 1.29 is 24.2 Å². The number of amides is 1. The van der Waals surface area contributed by atoms with Crippen LogP contribution in [0.25, 0.3) is 6.08 Å². The van der Waals surface area contributed by atoms with Gasteiger partial charge < -0.3 is 19.9 Å². The fourth-order valence-electron chi connectivity index (χ4n) is 2.82. The molecule has 0 unspecified atom stereocenters. The Morgan fingerprint density at radius 1 is 0.903 bits per heavy atom. The molecule has 2 N–H and O–H groups in total. The number of carboxylic acids is 1. The predicted octanol–water partition coefficient (Wildman–Crippen LogP) is 4.52. The summed E-state index contributed by atoms with van der Waals surface area (Å²) in [6.07, 6.45) is 1.40. The normalized spacial score (nSPS) is 10.9. The van der Waals surface area contributed by atoms with Crippen LogP contribution in [0, 0.1) is 0 Å². The number of nitrogens with one attached hydrogen (secondary N) is 1. The maximum Gasteiger partial charge on any atom is 0.352 e. The zero-order chi connectivity index (χ0) is 22.1. The number of ether oxygens (including phenoxy) is 2. The fourth-order valence-corrected chi connectivity index (χ4v) is 2.82. The predicted molar refractivity (Wildman–Crippen MR) is 118 cm³/mol. The second-order valence-electron chi connectivity index (χ2n) is 6.62. The monoisotopic (exact) mass is 417 g/mol. The van der Waals surface area contributed by atoms with Gasteiger partial charge in [-0.15, -0.1) is 0 Å². The molecule has 0 atom stereocenters. The second kappa shape index (κ2) is 10.6. The van der Waals surface area contributed by atoms with Gasteiger partial charge in [-0.3, -0.25) is 4.79 Å². The van der Waals surface area contributed by atoms with E-state index in [1.54, 1.807) is 54.6 Å². The number of aliphatic carboxylic acids is 1. The van der Waals surface area contributed by atoms with Gasteiger partial charge in [-0.25, -0.2) is 4.79 Å². The van der Waals surface area contributed by atoms with E-state index in [0.717, 1.165) is 11.3 Å². The van der Waals surface area contributed by atoms with E-state index in [4.69, 9.17) is 9.47 Å². The van der Waals surface area contributed by atoms with E-state index < -0.39 is 11.9 Å². The molecule has 3 rings (SSSR count). The van der Waals surface area contributed by atoms with Crippen LogP contribution in [-0.2, 0) is 11.4 Å². The summed E-state index contributed by atoms with van der Waals surface area (Å²) < 4.78 is 11.3. The van der Waals surface area contributed by atoms with E-state index in [2.05, 4.69) is 5.32 Å². The van der Waals surface area contributed by atoms with Crippen LogP contribution in [0.4, 0.5) is 0 Å². The van der Waals surface area contributed by atoms with E-state index >= 15 is 0 Å². The summed E-state index contributed by atoms with van der Waals surface area (Å²) in [5.41, 5.74) is 1.77. The highest BCUT2D eigenvalue weighted by atomic mass is 16.5. The molecule has 1 amide bonds. The van der Waals surface area contributed by atoms with Crippen LogP contribution in [-0.4, -0.2) is 23.6 Å². The van der Waals surface area contributed by atoms with Gasteiger partial charge in [0.2, 0.25) is 0 Å². The van der Waals surface area contributed by atoms with E-state index in [0.29, 0.717) is 30.1 Å². The molecule has 0 aliphatic heterocycles. The van der Waals surface area contributed by atoms with Crippen LogP contribution >= 0.6 is 0 Å². The number of hydrogen-bond donors (Lipinski definition) is 2. The lowest BCUT2D eigenvalue weighted by Gasteiger charge is -2.09. The van der Waals surface area contributed by atoms with E-state index in [9.17, 15) is 14.7 Å². The maximum absolute atomic E-state index is 12.2. The minimum atomic E-state index is -1.22. The third-order valence-corrected chi connectivity index (χ3v) is 4.32. The van der Waals surface area contributed by atoms with Crippen molar-refractivity contribution >= 4 is 18.0 Å². The average Bonchev–Trinajstić information content (AvgIpc) is 2.79. The third kappa shape index (κ3) is 6.47. The molecule has 0 saturated heterocycles. The lowest BCUT2D eigenvalue weighted by atomic mass is 10.1. The molecule has 0 bridgehead atoms. The van der Waals surface area contributed by atoms with Gasteiger partial charge >= 0.3 is 5.97 Å². The Morgan fingerprint density at radius 3 is 2.32 bits per heavy atom. The molecule has 0 fully saturated rings. The zero-order valence-electron chi connectivity index (χ0n) is 17.1. The van der Waals surface area contributed by atoms with Gasteiger partial charge in [0.25, 0.3) is 5.91 Å². The van der Waals surface area contributed by atoms with Crippen molar-refractivity contribution in [1.82, 2.24) is 5.32 Å². The van der Waals surface area contributed by atoms with Gasteiger partial charge in [-0.2, -0.15) is 0 Å². The van der Waals surface area contributed by atoms with Crippen LogP contribution < -0.4 is 14.8 Å². The molecule has 0 aromatic heterocycles. The van der Waals surface area contributed by atoms with Gasteiger partial charge in [-0.05, 0) is 60.5 Å². The van der Waals surface area contributed by atoms with Crippen molar-refractivity contribution in [3.05, 3.63) is 101 Å². The van der Waals surface area contributed by atoms with Crippen LogP contribution in [0.5, 0.6) is 11.5 Å². The molecule has 158 valence electrons. The van der Waals surface area contributed by atoms with Crippen LogP contribution in [0.1, 0.15) is 28.4 Å². The van der Waals surface area contributed by atoms with Gasteiger partial charge in [0.15, 0.2) is 0 Å². The van der Waals surface area contributed by atoms with Crippen molar-refractivity contribution in [1.29, 1.82) is 0 Å². The Hall–Kier alpha value is -4.06. The number of carboxylic acid groups (broad SMARTS) is 1. The zero-order valence-corrected chi connectivity index (χ0v) is 17.1. The van der Waals surface area contributed by atoms with Gasteiger partial charge in [0.1, 0.15) is 23.8 Å². The maximum atomic E-state index is 12.2. The standard InChI is InChI=1S/C25H23NO5/c1-2-30-22-10-6-7-19(15-22)17-31-21-13-11-18(12-14-21)16-23(25(28)29)26-24(27)20-8-4-3-5-9-20/h3-16H,2,17H2,1H3,(H,26,27)(H,28,29)/b23-16-. The average molecular weight is 417 g/mol. The minimum absolute atomic E-state index is 0.213. The fraction of sp³-hybridized carbons (Fsp3) is 0.120. The molecule has 0 aliphatic carbocycles. The molecule has 3 aromatic rings. The molecule has 31 heavy (non-hydrogen) atoms. The Kier molecular flexibility index (Phi) is 7.43. The summed E-state index contributed by atoms with van der Waals surface area (Å²) in [6, 6.07) is 23.1. The number of hydrogen-bond acceptors (Lipinski definition) is 4. The van der Waals surface area contributed by atoms with E-state index in [-0.39, 0.29) is 5.70 Å². The molecule has 3 aromatic carbocycles. The van der Waals surface area contributed by atoms with E-state index in [1.807, 2.05) is 31.2 Å². The summed E-state index contributed by atoms with van der Waals surface area (Å²) in [5, 5.41) is 11.9. The van der Waals surface area contributed by atoms with E-state index in [1.165, 1.54) is 6.08 Å². The first kappa shape index (κ1) is 21.6. The van der Waals surface area contributed by atoms with Crippen molar-refractivity contribution in [2.45, 2.75) is 13.5 Å². The number of benzene rings is 3. The SMILES string of the molecule is CCOc1cccc(COc2ccc(/C=C(\NC(=O)c3ccccc3)C(=O)O)cc2)c1. The van der Waals surface area contributed by atoms with Gasteiger partial charge in [0.05, 0.1) is 6.61 Å².